The number of hydrogen-bond acceptors (Lipinski definition) is 6. The molecule has 0 spiro atoms. The molecular weight excluding hydrogens is 673 g/mol. The first-order chi connectivity index (χ1) is 26.3. The van der Waals surface area contributed by atoms with Crippen LogP contribution < -0.4 is 0 Å². The molecule has 6 heteroatoms. The van der Waals surface area contributed by atoms with Crippen molar-refractivity contribution in [3.63, 3.8) is 0 Å². The minimum absolute atomic E-state index is 0.0651. The van der Waals surface area contributed by atoms with Crippen LogP contribution >= 0.6 is 0 Å². The Morgan fingerprint density at radius 1 is 0.389 bits per heavy atom. The molecule has 0 aromatic carbocycles. The van der Waals surface area contributed by atoms with E-state index >= 15 is 0 Å². The van der Waals surface area contributed by atoms with E-state index in [1.54, 1.807) is 0 Å². The van der Waals surface area contributed by atoms with Crippen LogP contribution in [0.3, 0.4) is 0 Å². The molecule has 54 heavy (non-hydrogen) atoms. The number of unbranched alkanes of at least 4 members (excludes halogenated alkanes) is 26. The van der Waals surface area contributed by atoms with Crippen LogP contribution in [0.2, 0.25) is 0 Å². The number of esters is 3. The van der Waals surface area contributed by atoms with Gasteiger partial charge in [-0.3, -0.25) is 14.4 Å². The lowest BCUT2D eigenvalue weighted by molar-refractivity contribution is -0.167. The van der Waals surface area contributed by atoms with Crippen molar-refractivity contribution in [1.82, 2.24) is 0 Å². The van der Waals surface area contributed by atoms with E-state index in [0.717, 1.165) is 69.6 Å². The lowest BCUT2D eigenvalue weighted by atomic mass is 9.99. The van der Waals surface area contributed by atoms with Gasteiger partial charge < -0.3 is 14.2 Å². The van der Waals surface area contributed by atoms with Crippen LogP contribution in [-0.2, 0) is 28.6 Å². The third-order valence-corrected chi connectivity index (χ3v) is 11.1. The molecule has 0 bridgehead atoms. The third kappa shape index (κ3) is 40.1. The summed E-state index contributed by atoms with van der Waals surface area (Å²) in [7, 11) is 0. The molecule has 6 nitrogen and oxygen atoms in total. The van der Waals surface area contributed by atoms with Crippen molar-refractivity contribution in [2.24, 2.45) is 11.8 Å². The second kappa shape index (κ2) is 41.1. The van der Waals surface area contributed by atoms with Crippen molar-refractivity contribution in [3.8, 4) is 0 Å². The Morgan fingerprint density at radius 3 is 1.06 bits per heavy atom. The summed E-state index contributed by atoms with van der Waals surface area (Å²) in [6, 6.07) is 0. The molecule has 0 aliphatic rings. The quantitative estimate of drug-likeness (QED) is 0.0350. The Hall–Kier alpha value is -1.59. The Labute approximate surface area is 336 Å². The lowest BCUT2D eigenvalue weighted by Crippen LogP contribution is -2.30. The van der Waals surface area contributed by atoms with Gasteiger partial charge in [0.05, 0.1) is 0 Å². The fourth-order valence-electron chi connectivity index (χ4n) is 7.07. The molecule has 0 saturated carbocycles. The van der Waals surface area contributed by atoms with E-state index in [9.17, 15) is 14.4 Å². The van der Waals surface area contributed by atoms with Crippen LogP contribution in [0.4, 0.5) is 0 Å². The molecule has 0 heterocycles. The summed E-state index contributed by atoms with van der Waals surface area (Å²) >= 11 is 0. The first kappa shape index (κ1) is 52.4. The maximum absolute atomic E-state index is 12.6. The average molecular weight is 765 g/mol. The number of hydrogen-bond donors (Lipinski definition) is 0. The van der Waals surface area contributed by atoms with E-state index in [0.29, 0.717) is 19.3 Å². The Morgan fingerprint density at radius 2 is 0.704 bits per heavy atom. The predicted molar refractivity (Wildman–Crippen MR) is 229 cm³/mol. The Bertz CT molecular complexity index is 826. The number of rotatable bonds is 42. The fourth-order valence-corrected chi connectivity index (χ4v) is 7.07. The van der Waals surface area contributed by atoms with Crippen LogP contribution in [0, 0.1) is 11.8 Å². The molecule has 1 unspecified atom stereocenters. The molecule has 0 N–H and O–H groups in total. The molecular formula is C48H92O6. The van der Waals surface area contributed by atoms with Gasteiger partial charge in [0.2, 0.25) is 0 Å². The van der Waals surface area contributed by atoms with Crippen molar-refractivity contribution >= 4 is 17.9 Å². The van der Waals surface area contributed by atoms with Gasteiger partial charge in [-0.1, -0.05) is 221 Å². The zero-order chi connectivity index (χ0) is 39.7. The van der Waals surface area contributed by atoms with Crippen molar-refractivity contribution in [3.05, 3.63) is 0 Å². The minimum atomic E-state index is -0.759. The second-order valence-electron chi connectivity index (χ2n) is 17.1. The molecule has 0 radical (unpaired) electrons. The van der Waals surface area contributed by atoms with Gasteiger partial charge in [0.1, 0.15) is 13.2 Å². The van der Waals surface area contributed by atoms with Gasteiger partial charge in [-0.25, -0.2) is 0 Å². The van der Waals surface area contributed by atoms with Gasteiger partial charge in [0.25, 0.3) is 0 Å². The largest absolute Gasteiger partial charge is 0.462 e. The first-order valence-corrected chi connectivity index (χ1v) is 23.8. The highest BCUT2D eigenvalue weighted by Crippen LogP contribution is 2.17. The summed E-state index contributed by atoms with van der Waals surface area (Å²) in [4.78, 5) is 37.6. The summed E-state index contributed by atoms with van der Waals surface area (Å²) in [6.07, 6.45) is 39.5. The predicted octanol–water partition coefficient (Wildman–Crippen LogP) is 15.0. The number of carbonyl (C=O) groups excluding carboxylic acids is 3. The van der Waals surface area contributed by atoms with E-state index in [2.05, 4.69) is 34.6 Å². The highest BCUT2D eigenvalue weighted by molar-refractivity contribution is 5.71. The maximum atomic E-state index is 12.6. The number of carbonyl (C=O) groups is 3. The monoisotopic (exact) mass is 765 g/mol. The lowest BCUT2D eigenvalue weighted by Gasteiger charge is -2.18. The molecule has 0 saturated heterocycles. The Balaban J connectivity index is 4.20. The molecule has 0 rings (SSSR count). The van der Waals surface area contributed by atoms with Crippen LogP contribution in [0.25, 0.3) is 0 Å². The standard InChI is InChI=1S/C48H92O6/c1-6-8-9-10-21-30-35-40-48(51)54-45(42-53-47(50)39-34-29-25-20-19-23-27-32-37-44(5)7-2)41-52-46(49)38-33-28-24-18-16-14-12-11-13-15-17-22-26-31-36-43(3)4/h43-45H,6-42H2,1-5H3/t44?,45-/m1/s1. The Kier molecular flexibility index (Phi) is 39.8. The van der Waals surface area contributed by atoms with Gasteiger partial charge in [-0.05, 0) is 31.1 Å². The van der Waals surface area contributed by atoms with E-state index < -0.39 is 6.10 Å². The van der Waals surface area contributed by atoms with Crippen molar-refractivity contribution in [2.45, 2.75) is 265 Å². The van der Waals surface area contributed by atoms with Gasteiger partial charge in [-0.2, -0.15) is 0 Å². The van der Waals surface area contributed by atoms with Crippen LogP contribution in [0.1, 0.15) is 259 Å². The molecule has 2 atom stereocenters. The third-order valence-electron chi connectivity index (χ3n) is 11.1. The maximum Gasteiger partial charge on any atom is 0.306 e. The minimum Gasteiger partial charge on any atom is -0.462 e. The molecule has 320 valence electrons. The topological polar surface area (TPSA) is 78.9 Å². The van der Waals surface area contributed by atoms with Crippen molar-refractivity contribution in [1.29, 1.82) is 0 Å². The van der Waals surface area contributed by atoms with E-state index in [4.69, 9.17) is 14.2 Å². The second-order valence-corrected chi connectivity index (χ2v) is 17.1. The summed E-state index contributed by atoms with van der Waals surface area (Å²) in [5.41, 5.74) is 0. The zero-order valence-electron chi connectivity index (χ0n) is 36.8. The first-order valence-electron chi connectivity index (χ1n) is 23.8. The normalized spacial score (nSPS) is 12.6. The van der Waals surface area contributed by atoms with Gasteiger partial charge in [0.15, 0.2) is 6.10 Å². The highest BCUT2D eigenvalue weighted by Gasteiger charge is 2.19. The molecule has 0 aromatic heterocycles. The number of ether oxygens (including phenoxy) is 3. The summed E-state index contributed by atoms with van der Waals surface area (Å²) < 4.78 is 16.7. The molecule has 0 aliphatic heterocycles. The van der Waals surface area contributed by atoms with Crippen molar-refractivity contribution in [2.75, 3.05) is 13.2 Å². The molecule has 0 aliphatic carbocycles. The van der Waals surface area contributed by atoms with E-state index in [-0.39, 0.29) is 31.1 Å². The van der Waals surface area contributed by atoms with E-state index in [1.165, 1.54) is 148 Å². The van der Waals surface area contributed by atoms with Gasteiger partial charge in [0, 0.05) is 19.3 Å². The summed E-state index contributed by atoms with van der Waals surface area (Å²) in [6.45, 7) is 11.3. The van der Waals surface area contributed by atoms with Crippen LogP contribution in [0.5, 0.6) is 0 Å². The van der Waals surface area contributed by atoms with Crippen LogP contribution in [-0.4, -0.2) is 37.2 Å². The summed E-state index contributed by atoms with van der Waals surface area (Å²) in [5, 5.41) is 0. The summed E-state index contributed by atoms with van der Waals surface area (Å²) in [5.74, 6) is 0.831. The average Bonchev–Trinajstić information content (AvgIpc) is 3.15. The molecule has 0 aromatic rings. The van der Waals surface area contributed by atoms with E-state index in [1.807, 2.05) is 0 Å². The SMILES string of the molecule is CCCCCCCCCC(=O)O[C@H](COC(=O)CCCCCCCCCCCCCCCCC(C)C)COC(=O)CCCCCCCCCCC(C)CC. The van der Waals surface area contributed by atoms with Gasteiger partial charge in [-0.15, -0.1) is 0 Å². The molecule has 0 fully saturated rings. The van der Waals surface area contributed by atoms with Crippen LogP contribution in [0.15, 0.2) is 0 Å². The zero-order valence-corrected chi connectivity index (χ0v) is 36.8. The molecule has 0 amide bonds. The fraction of sp³-hybridized carbons (Fsp3) is 0.938. The highest BCUT2D eigenvalue weighted by atomic mass is 16.6. The van der Waals surface area contributed by atoms with Gasteiger partial charge >= 0.3 is 17.9 Å². The van der Waals surface area contributed by atoms with Crippen molar-refractivity contribution < 1.29 is 28.6 Å². The smallest absolute Gasteiger partial charge is 0.306 e.